The highest BCUT2D eigenvalue weighted by Crippen LogP contribution is 2.24. The lowest BCUT2D eigenvalue weighted by Crippen LogP contribution is -2.37. The third kappa shape index (κ3) is 5.84. The number of ether oxygens (including phenoxy) is 1. The van der Waals surface area contributed by atoms with Gasteiger partial charge in [0.15, 0.2) is 0 Å². The van der Waals surface area contributed by atoms with E-state index in [1.165, 1.54) is 3.97 Å². The zero-order valence-electron chi connectivity index (χ0n) is 19.8. The number of methoxy groups -OCH3 is 1. The van der Waals surface area contributed by atoms with Crippen LogP contribution in [0.1, 0.15) is 16.7 Å². The maximum atomic E-state index is 13.2. The second-order valence-electron chi connectivity index (χ2n) is 8.35. The van der Waals surface area contributed by atoms with Gasteiger partial charge in [-0.25, -0.2) is 17.2 Å². The Labute approximate surface area is 205 Å². The molecule has 0 atom stereocenters. The molecule has 2 N–H and O–H groups in total. The summed E-state index contributed by atoms with van der Waals surface area (Å²) < 4.78 is 32.8. The number of fused-ring (bicyclic) bond motifs is 1. The number of hydrogen-bond acceptors (Lipinski definition) is 4. The average Bonchev–Trinajstić information content (AvgIpc) is 3.29. The van der Waals surface area contributed by atoms with E-state index in [1.807, 2.05) is 49.4 Å². The summed E-state index contributed by atoms with van der Waals surface area (Å²) in [4.78, 5) is 12.4. The van der Waals surface area contributed by atoms with Gasteiger partial charge in [-0.2, -0.15) is 0 Å². The van der Waals surface area contributed by atoms with Crippen LogP contribution in [0.3, 0.4) is 0 Å². The van der Waals surface area contributed by atoms with Crippen LogP contribution >= 0.6 is 0 Å². The molecule has 4 rings (SSSR count). The van der Waals surface area contributed by atoms with Gasteiger partial charge in [-0.15, -0.1) is 0 Å². The maximum Gasteiger partial charge on any atom is 0.314 e. The number of nitrogens with zero attached hydrogens (tertiary/aromatic N) is 1. The van der Waals surface area contributed by atoms with Gasteiger partial charge >= 0.3 is 6.03 Å². The molecule has 35 heavy (non-hydrogen) atoms. The summed E-state index contributed by atoms with van der Waals surface area (Å²) in [6, 6.07) is 21.9. The van der Waals surface area contributed by atoms with Gasteiger partial charge in [0.1, 0.15) is 5.75 Å². The van der Waals surface area contributed by atoms with Gasteiger partial charge in [0.2, 0.25) is 0 Å². The summed E-state index contributed by atoms with van der Waals surface area (Å²) in [5.74, 6) is 0.803. The van der Waals surface area contributed by atoms with Crippen LogP contribution in [0.2, 0.25) is 0 Å². The van der Waals surface area contributed by atoms with Crippen molar-refractivity contribution in [2.24, 2.45) is 0 Å². The highest BCUT2D eigenvalue weighted by Gasteiger charge is 2.18. The number of aromatic nitrogens is 1. The molecular weight excluding hydrogens is 462 g/mol. The molecule has 4 aromatic rings. The summed E-state index contributed by atoms with van der Waals surface area (Å²) in [6.07, 6.45) is 2.89. The molecule has 1 heterocycles. The lowest BCUT2D eigenvalue weighted by Gasteiger charge is -2.10. The van der Waals surface area contributed by atoms with E-state index in [9.17, 15) is 13.2 Å². The van der Waals surface area contributed by atoms with E-state index in [2.05, 4.69) is 10.6 Å². The number of urea groups is 1. The molecule has 0 radical (unpaired) electrons. The van der Waals surface area contributed by atoms with E-state index in [-0.39, 0.29) is 10.9 Å². The highest BCUT2D eigenvalue weighted by atomic mass is 32.2. The Morgan fingerprint density at radius 3 is 2.14 bits per heavy atom. The van der Waals surface area contributed by atoms with E-state index >= 15 is 0 Å². The molecule has 0 fully saturated rings. The molecule has 7 nitrogen and oxygen atoms in total. The smallest absolute Gasteiger partial charge is 0.314 e. The summed E-state index contributed by atoms with van der Waals surface area (Å²) in [6.45, 7) is 2.88. The maximum absolute atomic E-state index is 13.2. The Morgan fingerprint density at radius 1 is 0.857 bits per heavy atom. The number of aryl methyl sites for hydroxylation is 1. The minimum atomic E-state index is -3.70. The third-order valence-corrected chi connectivity index (χ3v) is 7.56. The van der Waals surface area contributed by atoms with Crippen molar-refractivity contribution < 1.29 is 17.9 Å². The van der Waals surface area contributed by atoms with Gasteiger partial charge in [0.05, 0.1) is 17.5 Å². The molecule has 0 bridgehead atoms. The molecule has 0 aliphatic heterocycles. The number of carbonyl (C=O) groups excluding carboxylic acids is 1. The molecule has 0 unspecified atom stereocenters. The van der Waals surface area contributed by atoms with Crippen LogP contribution in [0, 0.1) is 6.92 Å². The second kappa shape index (κ2) is 10.7. The third-order valence-electron chi connectivity index (χ3n) is 5.86. The molecule has 0 saturated carbocycles. The van der Waals surface area contributed by atoms with Crippen LogP contribution in [-0.4, -0.2) is 38.6 Å². The second-order valence-corrected chi connectivity index (χ2v) is 10.2. The normalized spacial score (nSPS) is 11.4. The van der Waals surface area contributed by atoms with Gasteiger partial charge in [-0.3, -0.25) is 0 Å². The lowest BCUT2D eigenvalue weighted by molar-refractivity contribution is 0.241. The quantitative estimate of drug-likeness (QED) is 0.366. The standard InChI is InChI=1S/C27H29N3O4S/c1-20-3-11-25(12-4-20)35(32,33)30-18-15-23-8-5-22(19-26(23)30)14-17-29-27(31)28-16-13-21-6-9-24(34-2)10-7-21/h3-12,15,18-19H,13-14,16-17H2,1-2H3,(H2,28,29,31). The minimum absolute atomic E-state index is 0.232. The fourth-order valence-electron chi connectivity index (χ4n) is 3.83. The summed E-state index contributed by atoms with van der Waals surface area (Å²) in [7, 11) is -2.07. The fourth-order valence-corrected chi connectivity index (χ4v) is 5.18. The van der Waals surface area contributed by atoms with Crippen molar-refractivity contribution >= 4 is 27.0 Å². The van der Waals surface area contributed by atoms with Crippen molar-refractivity contribution in [1.29, 1.82) is 0 Å². The molecule has 8 heteroatoms. The zero-order valence-corrected chi connectivity index (χ0v) is 20.6. The molecular formula is C27H29N3O4S. The Hall–Kier alpha value is -3.78. The predicted molar refractivity (Wildman–Crippen MR) is 138 cm³/mol. The van der Waals surface area contributed by atoms with Crippen LogP contribution < -0.4 is 15.4 Å². The number of rotatable bonds is 9. The minimum Gasteiger partial charge on any atom is -0.497 e. The molecule has 182 valence electrons. The van der Waals surface area contributed by atoms with E-state index < -0.39 is 10.0 Å². The average molecular weight is 492 g/mol. The first-order valence-corrected chi connectivity index (χ1v) is 12.9. The lowest BCUT2D eigenvalue weighted by atomic mass is 10.1. The van der Waals surface area contributed by atoms with Crippen molar-refractivity contribution in [2.45, 2.75) is 24.7 Å². The van der Waals surface area contributed by atoms with Gasteiger partial charge in [0, 0.05) is 24.7 Å². The summed E-state index contributed by atoms with van der Waals surface area (Å²) in [5.41, 5.74) is 3.67. The molecule has 0 aliphatic rings. The summed E-state index contributed by atoms with van der Waals surface area (Å²) >= 11 is 0. The first kappa shape index (κ1) is 24.3. The Bertz CT molecular complexity index is 1410. The molecule has 3 aromatic carbocycles. The van der Waals surface area contributed by atoms with Crippen LogP contribution in [0.5, 0.6) is 5.75 Å². The summed E-state index contributed by atoms with van der Waals surface area (Å²) in [5, 5.41) is 6.56. The van der Waals surface area contributed by atoms with Crippen LogP contribution in [-0.2, 0) is 22.9 Å². The number of benzene rings is 3. The number of carbonyl (C=O) groups is 1. The van der Waals surface area contributed by atoms with Gasteiger partial charge in [-0.1, -0.05) is 42.0 Å². The van der Waals surface area contributed by atoms with E-state index in [0.29, 0.717) is 25.0 Å². The monoisotopic (exact) mass is 491 g/mol. The number of hydrogen-bond donors (Lipinski definition) is 2. The van der Waals surface area contributed by atoms with Gasteiger partial charge in [-0.05, 0) is 67.3 Å². The molecule has 0 saturated heterocycles. The Morgan fingerprint density at radius 2 is 1.49 bits per heavy atom. The number of nitrogens with one attached hydrogen (secondary N) is 2. The SMILES string of the molecule is COc1ccc(CCNC(=O)NCCc2ccc3ccn(S(=O)(=O)c4ccc(C)cc4)c3c2)cc1. The van der Waals surface area contributed by atoms with Crippen molar-refractivity contribution in [2.75, 3.05) is 20.2 Å². The molecule has 2 amide bonds. The van der Waals surface area contributed by atoms with Crippen molar-refractivity contribution in [3.8, 4) is 5.75 Å². The van der Waals surface area contributed by atoms with Gasteiger partial charge < -0.3 is 15.4 Å². The fraction of sp³-hybridized carbons (Fsp3) is 0.222. The van der Waals surface area contributed by atoms with Crippen LogP contribution in [0.15, 0.2) is 83.9 Å². The Balaban J connectivity index is 1.33. The Kier molecular flexibility index (Phi) is 7.41. The molecule has 1 aromatic heterocycles. The topological polar surface area (TPSA) is 89.4 Å². The first-order valence-electron chi connectivity index (χ1n) is 11.4. The van der Waals surface area contributed by atoms with Crippen LogP contribution in [0.4, 0.5) is 4.79 Å². The van der Waals surface area contributed by atoms with E-state index in [4.69, 9.17) is 4.74 Å². The highest BCUT2D eigenvalue weighted by molar-refractivity contribution is 7.90. The molecule has 0 aliphatic carbocycles. The van der Waals surface area contributed by atoms with Crippen molar-refractivity contribution in [1.82, 2.24) is 14.6 Å². The van der Waals surface area contributed by atoms with Crippen molar-refractivity contribution in [3.63, 3.8) is 0 Å². The van der Waals surface area contributed by atoms with Gasteiger partial charge in [0.25, 0.3) is 10.0 Å². The van der Waals surface area contributed by atoms with E-state index in [1.54, 1.807) is 43.6 Å². The van der Waals surface area contributed by atoms with Crippen molar-refractivity contribution in [3.05, 3.63) is 95.7 Å². The molecule has 0 spiro atoms. The van der Waals surface area contributed by atoms with E-state index in [0.717, 1.165) is 34.2 Å². The largest absolute Gasteiger partial charge is 0.497 e. The van der Waals surface area contributed by atoms with Crippen LogP contribution in [0.25, 0.3) is 10.9 Å². The first-order chi connectivity index (χ1) is 16.9. The number of amides is 2. The zero-order chi connectivity index (χ0) is 24.8. The predicted octanol–water partition coefficient (Wildman–Crippen LogP) is 4.28.